The third kappa shape index (κ3) is 4.12. The van der Waals surface area contributed by atoms with Gasteiger partial charge in [0.15, 0.2) is 0 Å². The summed E-state index contributed by atoms with van der Waals surface area (Å²) in [6.07, 6.45) is 0. The molecule has 0 heterocycles. The van der Waals surface area contributed by atoms with Crippen molar-refractivity contribution in [2.75, 3.05) is 11.9 Å². The smallest absolute Gasteiger partial charge is 0.335 e. The Labute approximate surface area is 135 Å². The van der Waals surface area contributed by atoms with Crippen LogP contribution < -0.4 is 5.32 Å². The number of benzene rings is 2. The molecule has 0 amide bonds. The third-order valence-electron chi connectivity index (χ3n) is 3.15. The van der Waals surface area contributed by atoms with Crippen LogP contribution in [0.1, 0.15) is 18.5 Å². The molecule has 0 fully saturated rings. The molecule has 2 aromatic rings. The predicted molar refractivity (Wildman–Crippen MR) is 90.0 cm³/mol. The van der Waals surface area contributed by atoms with E-state index < -0.39 is 5.97 Å². The summed E-state index contributed by atoms with van der Waals surface area (Å²) in [5.41, 5.74) is 2.10. The maximum absolute atomic E-state index is 12.0. The van der Waals surface area contributed by atoms with Crippen molar-refractivity contribution >= 4 is 23.3 Å². The molecule has 0 aromatic heterocycles. The number of carbonyl (C=O) groups is 1. The zero-order valence-corrected chi connectivity index (χ0v) is 13.1. The Balaban J connectivity index is 2.30. The molecular weight excluding hydrogens is 298 g/mol. The summed E-state index contributed by atoms with van der Waals surface area (Å²) in [5.74, 6) is -0.411. The Morgan fingerprint density at radius 3 is 2.59 bits per heavy atom. The molecule has 1 unspecified atom stereocenters. The monoisotopic (exact) mass is 315 g/mol. The van der Waals surface area contributed by atoms with E-state index in [1.807, 2.05) is 42.5 Å². The summed E-state index contributed by atoms with van der Waals surface area (Å²) >= 11 is 6.01. The van der Waals surface area contributed by atoms with Gasteiger partial charge in [0.25, 0.3) is 0 Å². The molecule has 0 aliphatic heterocycles. The number of ether oxygens (including phenoxy) is 1. The fourth-order valence-corrected chi connectivity index (χ4v) is 2.29. The molecule has 114 valence electrons. The molecule has 0 aliphatic carbocycles. The summed E-state index contributed by atoms with van der Waals surface area (Å²) in [4.78, 5) is 12.0. The number of hydrogen-bond donors (Lipinski definition) is 1. The normalized spacial score (nSPS) is 11.5. The summed E-state index contributed by atoms with van der Waals surface area (Å²) in [5, 5.41) is 3.91. The fraction of sp³-hybridized carbons (Fsp3) is 0.167. The second-order valence-electron chi connectivity index (χ2n) is 4.74. The van der Waals surface area contributed by atoms with Gasteiger partial charge < -0.3 is 10.1 Å². The van der Waals surface area contributed by atoms with Gasteiger partial charge in [-0.05, 0) is 30.7 Å². The zero-order chi connectivity index (χ0) is 15.9. The number of anilines is 1. The highest BCUT2D eigenvalue weighted by Gasteiger charge is 2.21. The van der Waals surface area contributed by atoms with Crippen molar-refractivity contribution in [3.8, 4) is 0 Å². The first-order valence-electron chi connectivity index (χ1n) is 7.04. The van der Waals surface area contributed by atoms with Crippen LogP contribution in [0.4, 0.5) is 5.69 Å². The van der Waals surface area contributed by atoms with Crippen LogP contribution in [0.2, 0.25) is 5.02 Å². The largest absolute Gasteiger partial charge is 0.463 e. The SMILES string of the molecule is C=C(C(=O)OCC)C(Nc1cccc(Cl)c1)c1ccccc1. The van der Waals surface area contributed by atoms with Gasteiger partial charge in [-0.15, -0.1) is 0 Å². The van der Waals surface area contributed by atoms with E-state index in [-0.39, 0.29) is 6.04 Å². The Kier molecular flexibility index (Phi) is 5.61. The summed E-state index contributed by atoms with van der Waals surface area (Å²) in [7, 11) is 0. The molecule has 0 saturated carbocycles. The lowest BCUT2D eigenvalue weighted by Gasteiger charge is -2.22. The first-order chi connectivity index (χ1) is 10.6. The lowest BCUT2D eigenvalue weighted by atomic mass is 9.99. The summed E-state index contributed by atoms with van der Waals surface area (Å²) in [6, 6.07) is 16.6. The van der Waals surface area contributed by atoms with E-state index in [1.54, 1.807) is 19.1 Å². The molecule has 22 heavy (non-hydrogen) atoms. The summed E-state index contributed by atoms with van der Waals surface area (Å²) in [6.45, 7) is 5.99. The van der Waals surface area contributed by atoms with Crippen LogP contribution in [0.15, 0.2) is 66.7 Å². The first kappa shape index (κ1) is 16.1. The van der Waals surface area contributed by atoms with E-state index in [9.17, 15) is 4.79 Å². The molecule has 2 aromatic carbocycles. The Morgan fingerprint density at radius 1 is 1.23 bits per heavy atom. The average molecular weight is 316 g/mol. The molecule has 0 aliphatic rings. The van der Waals surface area contributed by atoms with Gasteiger partial charge in [0, 0.05) is 10.7 Å². The Bertz CT molecular complexity index is 655. The topological polar surface area (TPSA) is 38.3 Å². The Hall–Kier alpha value is -2.26. The van der Waals surface area contributed by atoms with Crippen LogP contribution in [0, 0.1) is 0 Å². The highest BCUT2D eigenvalue weighted by Crippen LogP contribution is 2.27. The van der Waals surface area contributed by atoms with Gasteiger partial charge in [-0.2, -0.15) is 0 Å². The predicted octanol–water partition coefficient (Wildman–Crippen LogP) is 4.61. The lowest BCUT2D eigenvalue weighted by Crippen LogP contribution is -2.20. The van der Waals surface area contributed by atoms with Crippen LogP contribution in [-0.4, -0.2) is 12.6 Å². The van der Waals surface area contributed by atoms with Crippen molar-refractivity contribution in [2.45, 2.75) is 13.0 Å². The van der Waals surface area contributed by atoms with E-state index in [1.165, 1.54) is 0 Å². The Morgan fingerprint density at radius 2 is 1.95 bits per heavy atom. The van der Waals surface area contributed by atoms with E-state index >= 15 is 0 Å². The summed E-state index contributed by atoms with van der Waals surface area (Å²) < 4.78 is 5.06. The van der Waals surface area contributed by atoms with Gasteiger partial charge in [0.05, 0.1) is 18.2 Å². The zero-order valence-electron chi connectivity index (χ0n) is 12.4. The quantitative estimate of drug-likeness (QED) is 0.625. The fourth-order valence-electron chi connectivity index (χ4n) is 2.10. The van der Waals surface area contributed by atoms with Gasteiger partial charge in [0.1, 0.15) is 0 Å². The van der Waals surface area contributed by atoms with E-state index in [4.69, 9.17) is 16.3 Å². The maximum Gasteiger partial charge on any atom is 0.335 e. The number of carbonyl (C=O) groups excluding carboxylic acids is 1. The van der Waals surface area contributed by atoms with Crippen LogP contribution in [0.25, 0.3) is 0 Å². The number of hydrogen-bond acceptors (Lipinski definition) is 3. The highest BCUT2D eigenvalue weighted by atomic mass is 35.5. The van der Waals surface area contributed by atoms with Crippen molar-refractivity contribution in [1.82, 2.24) is 0 Å². The number of halogens is 1. The molecule has 0 saturated heterocycles. The van der Waals surface area contributed by atoms with Crippen LogP contribution >= 0.6 is 11.6 Å². The molecule has 3 nitrogen and oxygen atoms in total. The molecular formula is C18H18ClNO2. The van der Waals surface area contributed by atoms with Gasteiger partial charge in [0.2, 0.25) is 0 Å². The molecule has 1 N–H and O–H groups in total. The molecule has 0 bridgehead atoms. The highest BCUT2D eigenvalue weighted by molar-refractivity contribution is 6.30. The van der Waals surface area contributed by atoms with Crippen molar-refractivity contribution in [1.29, 1.82) is 0 Å². The van der Waals surface area contributed by atoms with Gasteiger partial charge in [-0.25, -0.2) is 4.79 Å². The minimum absolute atomic E-state index is 0.316. The molecule has 1 atom stereocenters. The van der Waals surface area contributed by atoms with Crippen LogP contribution in [-0.2, 0) is 9.53 Å². The average Bonchev–Trinajstić information content (AvgIpc) is 2.53. The standard InChI is InChI=1S/C18H18ClNO2/c1-3-22-18(21)13(2)17(14-8-5-4-6-9-14)20-16-11-7-10-15(19)12-16/h4-12,17,20H,2-3H2,1H3. The van der Waals surface area contributed by atoms with Crippen LogP contribution in [0.5, 0.6) is 0 Å². The van der Waals surface area contributed by atoms with Gasteiger partial charge in [-0.1, -0.05) is 54.6 Å². The third-order valence-corrected chi connectivity index (χ3v) is 3.39. The van der Waals surface area contributed by atoms with Crippen molar-refractivity contribution in [2.24, 2.45) is 0 Å². The first-order valence-corrected chi connectivity index (χ1v) is 7.42. The minimum atomic E-state index is -0.411. The van der Waals surface area contributed by atoms with E-state index in [0.29, 0.717) is 17.2 Å². The van der Waals surface area contributed by atoms with Gasteiger partial charge >= 0.3 is 5.97 Å². The number of nitrogens with one attached hydrogen (secondary N) is 1. The second-order valence-corrected chi connectivity index (χ2v) is 5.18. The number of rotatable bonds is 6. The molecule has 2 rings (SSSR count). The maximum atomic E-state index is 12.0. The van der Waals surface area contributed by atoms with Crippen molar-refractivity contribution in [3.05, 3.63) is 77.3 Å². The number of esters is 1. The van der Waals surface area contributed by atoms with Crippen LogP contribution in [0.3, 0.4) is 0 Å². The minimum Gasteiger partial charge on any atom is -0.463 e. The molecule has 4 heteroatoms. The van der Waals surface area contributed by atoms with E-state index in [2.05, 4.69) is 11.9 Å². The second kappa shape index (κ2) is 7.66. The lowest BCUT2D eigenvalue weighted by molar-refractivity contribution is -0.138. The van der Waals surface area contributed by atoms with Gasteiger partial charge in [-0.3, -0.25) is 0 Å². The van der Waals surface area contributed by atoms with E-state index in [0.717, 1.165) is 11.3 Å². The molecule has 0 spiro atoms. The van der Waals surface area contributed by atoms with Crippen molar-refractivity contribution < 1.29 is 9.53 Å². The van der Waals surface area contributed by atoms with Crippen molar-refractivity contribution in [3.63, 3.8) is 0 Å². The molecule has 0 radical (unpaired) electrons.